The van der Waals surface area contributed by atoms with Crippen molar-refractivity contribution < 1.29 is 18.3 Å². The van der Waals surface area contributed by atoms with Gasteiger partial charge in [0.25, 0.3) is 0 Å². The van der Waals surface area contributed by atoms with Gasteiger partial charge < -0.3 is 5.11 Å². The fourth-order valence-electron chi connectivity index (χ4n) is 1.95. The summed E-state index contributed by atoms with van der Waals surface area (Å²) in [7, 11) is -4.14. The van der Waals surface area contributed by atoms with Gasteiger partial charge in [0.05, 0.1) is 16.7 Å². The standard InChI is InChI=1S/C12H11ClN2O4S2/c13-9-2-1-8(6-14)5-10(9)21(18,19)15-12(11(16)17)3-4-20-7-12/h1-2,5,15H,3-4,7H2,(H,16,17). The topological polar surface area (TPSA) is 107 Å². The molecule has 1 saturated heterocycles. The van der Waals surface area contributed by atoms with E-state index in [9.17, 15) is 18.3 Å². The number of halogens is 1. The van der Waals surface area contributed by atoms with Crippen LogP contribution in [0.2, 0.25) is 5.02 Å². The Labute approximate surface area is 131 Å². The summed E-state index contributed by atoms with van der Waals surface area (Å²) in [6.07, 6.45) is 0.196. The lowest BCUT2D eigenvalue weighted by Gasteiger charge is -2.24. The number of aliphatic carboxylic acids is 1. The molecule has 1 aliphatic rings. The van der Waals surface area contributed by atoms with Crippen LogP contribution in [0.4, 0.5) is 0 Å². The van der Waals surface area contributed by atoms with Gasteiger partial charge in [-0.1, -0.05) is 11.6 Å². The zero-order valence-electron chi connectivity index (χ0n) is 10.7. The maximum atomic E-state index is 12.4. The molecule has 1 unspecified atom stereocenters. The molecule has 9 heteroatoms. The van der Waals surface area contributed by atoms with Crippen LogP contribution in [0, 0.1) is 11.3 Å². The zero-order chi connectivity index (χ0) is 15.7. The van der Waals surface area contributed by atoms with Crippen molar-refractivity contribution in [1.29, 1.82) is 5.26 Å². The van der Waals surface area contributed by atoms with Gasteiger partial charge in [-0.15, -0.1) is 0 Å². The van der Waals surface area contributed by atoms with Gasteiger partial charge in [-0.3, -0.25) is 4.79 Å². The molecule has 21 heavy (non-hydrogen) atoms. The molecule has 0 radical (unpaired) electrons. The Morgan fingerprint density at radius 1 is 1.52 bits per heavy atom. The zero-order valence-corrected chi connectivity index (χ0v) is 13.1. The lowest BCUT2D eigenvalue weighted by atomic mass is 10.0. The number of carboxylic acids is 1. The molecule has 1 fully saturated rings. The predicted molar refractivity (Wildman–Crippen MR) is 78.8 cm³/mol. The van der Waals surface area contributed by atoms with E-state index in [0.29, 0.717) is 5.75 Å². The molecule has 1 atom stereocenters. The van der Waals surface area contributed by atoms with Crippen molar-refractivity contribution in [2.24, 2.45) is 0 Å². The Balaban J connectivity index is 2.43. The third-order valence-electron chi connectivity index (χ3n) is 3.11. The van der Waals surface area contributed by atoms with Crippen LogP contribution in [-0.4, -0.2) is 36.5 Å². The number of hydrogen-bond acceptors (Lipinski definition) is 5. The van der Waals surface area contributed by atoms with E-state index in [4.69, 9.17) is 16.9 Å². The van der Waals surface area contributed by atoms with Crippen LogP contribution >= 0.6 is 23.4 Å². The molecule has 1 heterocycles. The van der Waals surface area contributed by atoms with Gasteiger partial charge in [-0.05, 0) is 30.4 Å². The first-order chi connectivity index (χ1) is 9.81. The van der Waals surface area contributed by atoms with E-state index in [-0.39, 0.29) is 27.7 Å². The highest BCUT2D eigenvalue weighted by Gasteiger charge is 2.45. The molecule has 112 valence electrons. The smallest absolute Gasteiger partial charge is 0.325 e. The van der Waals surface area contributed by atoms with Gasteiger partial charge in [0, 0.05) is 5.75 Å². The molecule has 0 aromatic heterocycles. The lowest BCUT2D eigenvalue weighted by Crippen LogP contribution is -2.54. The van der Waals surface area contributed by atoms with Gasteiger partial charge in [0.15, 0.2) is 0 Å². The molecule has 0 bridgehead atoms. The number of benzene rings is 1. The number of nitrogens with zero attached hydrogens (tertiary/aromatic N) is 1. The summed E-state index contributed by atoms with van der Waals surface area (Å²) in [5, 5.41) is 18.1. The first-order valence-corrected chi connectivity index (χ1v) is 8.87. The van der Waals surface area contributed by atoms with Gasteiger partial charge in [0.1, 0.15) is 10.4 Å². The molecule has 0 spiro atoms. The summed E-state index contributed by atoms with van der Waals surface area (Å²) in [4.78, 5) is 11.1. The highest BCUT2D eigenvalue weighted by Crippen LogP contribution is 2.31. The van der Waals surface area contributed by atoms with E-state index in [1.165, 1.54) is 23.9 Å². The van der Waals surface area contributed by atoms with Gasteiger partial charge in [-0.2, -0.15) is 21.7 Å². The van der Waals surface area contributed by atoms with Crippen LogP contribution in [0.25, 0.3) is 0 Å². The van der Waals surface area contributed by atoms with Crippen molar-refractivity contribution in [1.82, 2.24) is 4.72 Å². The third kappa shape index (κ3) is 3.16. The van der Waals surface area contributed by atoms with Gasteiger partial charge >= 0.3 is 5.97 Å². The highest BCUT2D eigenvalue weighted by atomic mass is 35.5. The van der Waals surface area contributed by atoms with Crippen LogP contribution in [0.3, 0.4) is 0 Å². The van der Waals surface area contributed by atoms with Crippen LogP contribution in [-0.2, 0) is 14.8 Å². The van der Waals surface area contributed by atoms with Crippen molar-refractivity contribution in [3.63, 3.8) is 0 Å². The van der Waals surface area contributed by atoms with Crippen molar-refractivity contribution in [3.05, 3.63) is 28.8 Å². The second-order valence-electron chi connectivity index (χ2n) is 4.55. The first-order valence-electron chi connectivity index (χ1n) is 5.85. The molecule has 2 rings (SSSR count). The van der Waals surface area contributed by atoms with Crippen LogP contribution in [0.1, 0.15) is 12.0 Å². The van der Waals surface area contributed by atoms with E-state index in [2.05, 4.69) is 4.72 Å². The lowest BCUT2D eigenvalue weighted by molar-refractivity contribution is -0.142. The summed E-state index contributed by atoms with van der Waals surface area (Å²) >= 11 is 7.23. The fraction of sp³-hybridized carbons (Fsp3) is 0.333. The van der Waals surface area contributed by atoms with Crippen molar-refractivity contribution in [2.75, 3.05) is 11.5 Å². The maximum absolute atomic E-state index is 12.4. The minimum atomic E-state index is -4.14. The second kappa shape index (κ2) is 5.85. The van der Waals surface area contributed by atoms with Crippen LogP contribution < -0.4 is 4.72 Å². The molecule has 0 amide bonds. The minimum Gasteiger partial charge on any atom is -0.480 e. The van der Waals surface area contributed by atoms with E-state index in [1.807, 2.05) is 6.07 Å². The highest BCUT2D eigenvalue weighted by molar-refractivity contribution is 7.99. The Bertz CT molecular complexity index is 721. The van der Waals surface area contributed by atoms with Gasteiger partial charge in [-0.25, -0.2) is 8.42 Å². The van der Waals surface area contributed by atoms with Gasteiger partial charge in [0.2, 0.25) is 10.0 Å². The van der Waals surface area contributed by atoms with Crippen LogP contribution in [0.5, 0.6) is 0 Å². The molecule has 1 aromatic rings. The summed E-state index contributed by atoms with van der Waals surface area (Å²) in [6, 6.07) is 5.63. The molecular weight excluding hydrogens is 336 g/mol. The number of sulfonamides is 1. The molecular formula is C12H11ClN2O4S2. The Kier molecular flexibility index (Phi) is 4.49. The molecule has 1 aliphatic heterocycles. The number of rotatable bonds is 4. The largest absolute Gasteiger partial charge is 0.480 e. The summed E-state index contributed by atoms with van der Waals surface area (Å²) in [6.45, 7) is 0. The molecule has 0 aliphatic carbocycles. The molecule has 1 aromatic carbocycles. The van der Waals surface area contributed by atoms with Crippen molar-refractivity contribution in [3.8, 4) is 6.07 Å². The maximum Gasteiger partial charge on any atom is 0.325 e. The molecule has 2 N–H and O–H groups in total. The number of carboxylic acid groups (broad SMARTS) is 1. The average molecular weight is 347 g/mol. The second-order valence-corrected chi connectivity index (χ2v) is 7.72. The van der Waals surface area contributed by atoms with E-state index >= 15 is 0 Å². The summed E-state index contributed by atoms with van der Waals surface area (Å²) in [5.41, 5.74) is -1.40. The number of carbonyl (C=O) groups is 1. The average Bonchev–Trinajstić information content (AvgIpc) is 2.88. The first kappa shape index (κ1) is 16.1. The molecule has 6 nitrogen and oxygen atoms in total. The fourth-order valence-corrected chi connectivity index (χ4v) is 5.28. The van der Waals surface area contributed by atoms with E-state index in [0.717, 1.165) is 6.07 Å². The summed E-state index contributed by atoms with van der Waals surface area (Å²) < 4.78 is 27.1. The molecule has 0 saturated carbocycles. The van der Waals surface area contributed by atoms with Crippen molar-refractivity contribution in [2.45, 2.75) is 16.9 Å². The quantitative estimate of drug-likeness (QED) is 0.854. The number of thioether (sulfide) groups is 1. The monoisotopic (exact) mass is 346 g/mol. The van der Waals surface area contributed by atoms with E-state index in [1.54, 1.807) is 0 Å². The van der Waals surface area contributed by atoms with Crippen molar-refractivity contribution >= 4 is 39.4 Å². The SMILES string of the molecule is N#Cc1ccc(Cl)c(S(=O)(=O)NC2(C(=O)O)CCSC2)c1. The Morgan fingerprint density at radius 3 is 2.76 bits per heavy atom. The number of nitriles is 1. The number of hydrogen-bond donors (Lipinski definition) is 2. The Morgan fingerprint density at radius 2 is 2.24 bits per heavy atom. The third-order valence-corrected chi connectivity index (χ3v) is 6.32. The van der Waals surface area contributed by atoms with E-state index < -0.39 is 21.5 Å². The summed E-state index contributed by atoms with van der Waals surface area (Å²) in [5.74, 6) is -0.513. The van der Waals surface area contributed by atoms with Crippen LogP contribution in [0.15, 0.2) is 23.1 Å². The minimum absolute atomic E-state index is 0.0623. The normalized spacial score (nSPS) is 21.9. The number of nitrogens with one attached hydrogen (secondary N) is 1. The predicted octanol–water partition coefficient (Wildman–Crippen LogP) is 1.45. The Hall–Kier alpha value is -1.27.